The Morgan fingerprint density at radius 3 is 2.26 bits per heavy atom. The molecule has 3 heteroatoms. The fourth-order valence-electron chi connectivity index (χ4n) is 3.09. The maximum atomic E-state index is 6.16. The largest absolute Gasteiger partial charge is 0.366 e. The average molecular weight is 326 g/mol. The Kier molecular flexibility index (Phi) is 3.99. The molecule has 0 N–H and O–H groups in total. The molecule has 19 heavy (non-hydrogen) atoms. The third-order valence-electron chi connectivity index (χ3n) is 3.42. The molecule has 0 unspecified atom stereocenters. The van der Waals surface area contributed by atoms with Crippen LogP contribution in [0.3, 0.4) is 0 Å². The maximum Gasteiger partial charge on any atom is 0.0808 e. The van der Waals surface area contributed by atoms with E-state index in [1.807, 2.05) is 0 Å². The molecule has 1 aliphatic rings. The van der Waals surface area contributed by atoms with Gasteiger partial charge < -0.3 is 9.64 Å². The molecule has 0 bridgehead atoms. The molecule has 0 amide bonds. The Labute approximate surface area is 125 Å². The second-order valence-corrected chi connectivity index (χ2v) is 7.30. The smallest absolute Gasteiger partial charge is 0.0808 e. The zero-order valence-electron chi connectivity index (χ0n) is 12.6. The number of benzene rings is 1. The molecule has 0 aromatic heterocycles. The van der Waals surface area contributed by atoms with Crippen molar-refractivity contribution in [2.24, 2.45) is 0 Å². The van der Waals surface area contributed by atoms with Crippen LogP contribution in [0.4, 0.5) is 5.69 Å². The minimum Gasteiger partial charge on any atom is -0.366 e. The van der Waals surface area contributed by atoms with E-state index in [0.717, 1.165) is 18.4 Å². The van der Waals surface area contributed by atoms with Gasteiger partial charge in [0, 0.05) is 24.1 Å². The first-order valence-corrected chi connectivity index (χ1v) is 7.95. The van der Waals surface area contributed by atoms with E-state index in [4.69, 9.17) is 4.74 Å². The molecule has 0 aliphatic carbocycles. The summed E-state index contributed by atoms with van der Waals surface area (Å²) >= 11 is 3.61. The summed E-state index contributed by atoms with van der Waals surface area (Å²) < 4.78 is 6.16. The van der Waals surface area contributed by atoms with E-state index >= 15 is 0 Å². The number of halogens is 1. The van der Waals surface area contributed by atoms with E-state index in [1.165, 1.54) is 16.8 Å². The number of nitrogens with zero attached hydrogens (tertiary/aromatic N) is 1. The van der Waals surface area contributed by atoms with Gasteiger partial charge in [-0.2, -0.15) is 0 Å². The van der Waals surface area contributed by atoms with Crippen molar-refractivity contribution in [1.82, 2.24) is 0 Å². The van der Waals surface area contributed by atoms with E-state index in [0.29, 0.717) is 0 Å². The molecule has 1 aromatic rings. The zero-order chi connectivity index (χ0) is 14.3. The van der Waals surface area contributed by atoms with Crippen molar-refractivity contribution in [2.45, 2.75) is 51.2 Å². The minimum atomic E-state index is -0.115. The third-order valence-corrected chi connectivity index (χ3v) is 4.02. The van der Waals surface area contributed by atoms with E-state index in [-0.39, 0.29) is 11.2 Å². The van der Waals surface area contributed by atoms with Crippen LogP contribution in [-0.4, -0.2) is 24.3 Å². The van der Waals surface area contributed by atoms with Gasteiger partial charge in [-0.25, -0.2) is 0 Å². The monoisotopic (exact) mass is 325 g/mol. The number of morpholine rings is 1. The van der Waals surface area contributed by atoms with Crippen molar-refractivity contribution < 1.29 is 4.74 Å². The normalized spacial score (nSPS) is 21.5. The van der Waals surface area contributed by atoms with Gasteiger partial charge in [0.25, 0.3) is 0 Å². The number of aryl methyl sites for hydroxylation is 1. The van der Waals surface area contributed by atoms with Crippen LogP contribution in [0.2, 0.25) is 0 Å². The molecule has 1 saturated heterocycles. The number of alkyl halides is 1. The second kappa shape index (κ2) is 5.10. The quantitative estimate of drug-likeness (QED) is 0.752. The summed E-state index contributed by atoms with van der Waals surface area (Å²) in [6, 6.07) is 6.69. The van der Waals surface area contributed by atoms with Crippen molar-refractivity contribution in [1.29, 1.82) is 0 Å². The first-order chi connectivity index (χ1) is 8.72. The third kappa shape index (κ3) is 3.51. The Morgan fingerprint density at radius 2 is 1.74 bits per heavy atom. The van der Waals surface area contributed by atoms with Crippen LogP contribution in [0.1, 0.15) is 38.8 Å². The fourth-order valence-corrected chi connectivity index (χ4v) is 3.54. The van der Waals surface area contributed by atoms with Crippen LogP contribution in [-0.2, 0) is 10.1 Å². The van der Waals surface area contributed by atoms with Crippen molar-refractivity contribution in [2.75, 3.05) is 18.0 Å². The van der Waals surface area contributed by atoms with Crippen molar-refractivity contribution in [3.63, 3.8) is 0 Å². The van der Waals surface area contributed by atoms with Crippen LogP contribution in [0.25, 0.3) is 0 Å². The maximum absolute atomic E-state index is 6.16. The Hall–Kier alpha value is -0.540. The van der Waals surface area contributed by atoms with Gasteiger partial charge in [-0.05, 0) is 46.2 Å². The SMILES string of the molecule is Cc1ccc(N2CC(C)(C)OC(C)(C)C2)c(CBr)c1. The fraction of sp³-hybridized carbons (Fsp3) is 0.625. The van der Waals surface area contributed by atoms with Crippen LogP contribution >= 0.6 is 15.9 Å². The lowest BCUT2D eigenvalue weighted by Crippen LogP contribution is -2.57. The molecule has 1 aromatic carbocycles. The first kappa shape index (κ1) is 14.9. The average Bonchev–Trinajstić information content (AvgIpc) is 2.24. The Balaban J connectivity index is 2.35. The molecule has 1 aliphatic heterocycles. The second-order valence-electron chi connectivity index (χ2n) is 6.74. The lowest BCUT2D eigenvalue weighted by molar-refractivity contribution is -0.133. The van der Waals surface area contributed by atoms with Crippen molar-refractivity contribution >= 4 is 21.6 Å². The predicted molar refractivity (Wildman–Crippen MR) is 85.3 cm³/mol. The summed E-state index contributed by atoms with van der Waals surface area (Å²) in [7, 11) is 0. The zero-order valence-corrected chi connectivity index (χ0v) is 14.2. The molecule has 0 atom stereocenters. The standard InChI is InChI=1S/C16H24BrNO/c1-12-6-7-14(13(8-12)9-17)18-10-15(2,3)19-16(4,5)11-18/h6-8H,9-11H2,1-5H3. The first-order valence-electron chi connectivity index (χ1n) is 6.83. The van der Waals surface area contributed by atoms with Gasteiger partial charge in [-0.1, -0.05) is 33.6 Å². The van der Waals surface area contributed by atoms with Crippen LogP contribution in [0.5, 0.6) is 0 Å². The Morgan fingerprint density at radius 1 is 1.16 bits per heavy atom. The van der Waals surface area contributed by atoms with Gasteiger partial charge in [0.15, 0.2) is 0 Å². The van der Waals surface area contributed by atoms with Crippen LogP contribution < -0.4 is 4.90 Å². The molecular formula is C16H24BrNO. The predicted octanol–water partition coefficient (Wildman–Crippen LogP) is 4.28. The summed E-state index contributed by atoms with van der Waals surface area (Å²) in [5.74, 6) is 0. The lowest BCUT2D eigenvalue weighted by Gasteiger charge is -2.48. The van der Waals surface area contributed by atoms with Gasteiger partial charge in [0.05, 0.1) is 11.2 Å². The molecule has 2 nitrogen and oxygen atoms in total. The van der Waals surface area contributed by atoms with E-state index in [2.05, 4.69) is 73.6 Å². The highest BCUT2D eigenvalue weighted by Gasteiger charge is 2.38. The molecule has 0 radical (unpaired) electrons. The highest BCUT2D eigenvalue weighted by atomic mass is 79.9. The minimum absolute atomic E-state index is 0.115. The van der Waals surface area contributed by atoms with Gasteiger partial charge in [-0.15, -0.1) is 0 Å². The molecule has 1 fully saturated rings. The van der Waals surface area contributed by atoms with Gasteiger partial charge in [0.2, 0.25) is 0 Å². The van der Waals surface area contributed by atoms with Gasteiger partial charge in [-0.3, -0.25) is 0 Å². The van der Waals surface area contributed by atoms with E-state index < -0.39 is 0 Å². The summed E-state index contributed by atoms with van der Waals surface area (Å²) in [4.78, 5) is 2.46. The van der Waals surface area contributed by atoms with E-state index in [9.17, 15) is 0 Å². The van der Waals surface area contributed by atoms with Gasteiger partial charge >= 0.3 is 0 Å². The highest BCUT2D eigenvalue weighted by Crippen LogP contribution is 2.33. The van der Waals surface area contributed by atoms with Crippen molar-refractivity contribution in [3.05, 3.63) is 29.3 Å². The van der Waals surface area contributed by atoms with Crippen LogP contribution in [0.15, 0.2) is 18.2 Å². The number of ether oxygens (including phenoxy) is 1. The number of anilines is 1. The topological polar surface area (TPSA) is 12.5 Å². The summed E-state index contributed by atoms with van der Waals surface area (Å²) in [5, 5.41) is 0.891. The van der Waals surface area contributed by atoms with Crippen molar-refractivity contribution in [3.8, 4) is 0 Å². The van der Waals surface area contributed by atoms with Gasteiger partial charge in [0.1, 0.15) is 0 Å². The molecule has 0 spiro atoms. The molecule has 1 heterocycles. The molecule has 2 rings (SSSR count). The Bertz CT molecular complexity index is 452. The molecule has 0 saturated carbocycles. The summed E-state index contributed by atoms with van der Waals surface area (Å²) in [6.07, 6.45) is 0. The summed E-state index contributed by atoms with van der Waals surface area (Å²) in [6.45, 7) is 12.7. The molecular weight excluding hydrogens is 302 g/mol. The summed E-state index contributed by atoms with van der Waals surface area (Å²) in [5.41, 5.74) is 3.76. The number of rotatable bonds is 2. The number of hydrogen-bond acceptors (Lipinski definition) is 2. The van der Waals surface area contributed by atoms with E-state index in [1.54, 1.807) is 0 Å². The lowest BCUT2D eigenvalue weighted by atomic mass is 9.97. The van der Waals surface area contributed by atoms with Crippen LogP contribution in [0, 0.1) is 6.92 Å². The highest BCUT2D eigenvalue weighted by molar-refractivity contribution is 9.08. The number of hydrogen-bond donors (Lipinski definition) is 0. The molecule has 106 valence electrons.